The topological polar surface area (TPSA) is 67.2 Å². The first-order valence-electron chi connectivity index (χ1n) is 5.82. The molecule has 4 N–H and O–H groups in total. The van der Waals surface area contributed by atoms with Gasteiger partial charge in [-0.05, 0) is 31.8 Å². The number of nitrogens with two attached hydrogens (primary N) is 1. The van der Waals surface area contributed by atoms with Gasteiger partial charge in [0.25, 0.3) is 0 Å². The summed E-state index contributed by atoms with van der Waals surface area (Å²) in [7, 11) is 0. The second-order valence-corrected chi connectivity index (χ2v) is 4.64. The fraction of sp³-hybridized carbons (Fsp3) is 0.909. The Morgan fingerprint density at radius 1 is 1.60 bits per heavy atom. The minimum absolute atomic E-state index is 0.191. The molecule has 0 spiro atoms. The van der Waals surface area contributed by atoms with Gasteiger partial charge in [0.15, 0.2) is 0 Å². The molecule has 1 heterocycles. The van der Waals surface area contributed by atoms with Crippen LogP contribution >= 0.6 is 0 Å². The standard InChI is InChI=1S/C11H23N3O/c1-9(2)11(4-7-13-8-11)10(15)14-6-3-5-12/h9,13H,3-8,12H2,1-2H3,(H,14,15). The lowest BCUT2D eigenvalue weighted by Gasteiger charge is -2.31. The number of hydrogen-bond donors (Lipinski definition) is 3. The van der Waals surface area contributed by atoms with Crippen molar-refractivity contribution in [1.29, 1.82) is 0 Å². The van der Waals surface area contributed by atoms with Crippen molar-refractivity contribution in [1.82, 2.24) is 10.6 Å². The highest BCUT2D eigenvalue weighted by atomic mass is 16.2. The van der Waals surface area contributed by atoms with Crippen molar-refractivity contribution in [2.45, 2.75) is 26.7 Å². The third-order valence-electron chi connectivity index (χ3n) is 3.41. The quantitative estimate of drug-likeness (QED) is 0.567. The molecule has 1 saturated heterocycles. The molecule has 15 heavy (non-hydrogen) atoms. The van der Waals surface area contributed by atoms with Crippen molar-refractivity contribution < 1.29 is 4.79 Å². The Morgan fingerprint density at radius 3 is 2.80 bits per heavy atom. The Hall–Kier alpha value is -0.610. The Morgan fingerprint density at radius 2 is 2.33 bits per heavy atom. The lowest BCUT2D eigenvalue weighted by Crippen LogP contribution is -2.46. The highest BCUT2D eigenvalue weighted by Crippen LogP contribution is 2.34. The van der Waals surface area contributed by atoms with Crippen LogP contribution in [0, 0.1) is 11.3 Å². The summed E-state index contributed by atoms with van der Waals surface area (Å²) in [5.41, 5.74) is 5.20. The molecule has 4 heteroatoms. The first-order chi connectivity index (χ1) is 7.13. The predicted molar refractivity (Wildman–Crippen MR) is 61.4 cm³/mol. The van der Waals surface area contributed by atoms with Crippen molar-refractivity contribution in [2.75, 3.05) is 26.2 Å². The molecular formula is C11H23N3O. The van der Waals surface area contributed by atoms with Gasteiger partial charge in [-0.1, -0.05) is 13.8 Å². The first-order valence-corrected chi connectivity index (χ1v) is 5.82. The van der Waals surface area contributed by atoms with Crippen LogP contribution in [0.15, 0.2) is 0 Å². The van der Waals surface area contributed by atoms with E-state index in [1.807, 2.05) is 0 Å². The average molecular weight is 213 g/mol. The number of carbonyl (C=O) groups excluding carboxylic acids is 1. The fourth-order valence-corrected chi connectivity index (χ4v) is 2.14. The molecule has 1 aliphatic rings. The average Bonchev–Trinajstić information content (AvgIpc) is 2.67. The van der Waals surface area contributed by atoms with E-state index in [1.165, 1.54) is 0 Å². The van der Waals surface area contributed by atoms with Gasteiger partial charge in [0.1, 0.15) is 0 Å². The zero-order valence-corrected chi connectivity index (χ0v) is 9.81. The maximum absolute atomic E-state index is 12.1. The van der Waals surface area contributed by atoms with Crippen LogP contribution in [0.3, 0.4) is 0 Å². The summed E-state index contributed by atoms with van der Waals surface area (Å²) in [6.45, 7) is 7.32. The molecule has 1 aliphatic heterocycles. The lowest BCUT2D eigenvalue weighted by molar-refractivity contribution is -0.132. The molecule has 0 aliphatic carbocycles. The molecule has 0 bridgehead atoms. The van der Waals surface area contributed by atoms with Gasteiger partial charge in [0.2, 0.25) is 5.91 Å². The van der Waals surface area contributed by atoms with Gasteiger partial charge in [0, 0.05) is 13.1 Å². The summed E-state index contributed by atoms with van der Waals surface area (Å²) in [6.07, 6.45) is 1.80. The van der Waals surface area contributed by atoms with Gasteiger partial charge in [-0.15, -0.1) is 0 Å². The molecule has 0 aromatic carbocycles. The van der Waals surface area contributed by atoms with Gasteiger partial charge in [0.05, 0.1) is 5.41 Å². The third kappa shape index (κ3) is 2.69. The van der Waals surface area contributed by atoms with Gasteiger partial charge in [-0.3, -0.25) is 4.79 Å². The molecule has 0 saturated carbocycles. The summed E-state index contributed by atoms with van der Waals surface area (Å²) in [5.74, 6) is 0.571. The molecule has 4 nitrogen and oxygen atoms in total. The van der Waals surface area contributed by atoms with Crippen LogP contribution in [-0.2, 0) is 4.79 Å². The van der Waals surface area contributed by atoms with E-state index in [9.17, 15) is 4.79 Å². The van der Waals surface area contributed by atoms with Crippen molar-refractivity contribution in [2.24, 2.45) is 17.1 Å². The van der Waals surface area contributed by atoms with Crippen LogP contribution in [-0.4, -0.2) is 32.1 Å². The van der Waals surface area contributed by atoms with E-state index in [2.05, 4.69) is 24.5 Å². The summed E-state index contributed by atoms with van der Waals surface area (Å²) in [5, 5.41) is 6.27. The smallest absolute Gasteiger partial charge is 0.227 e. The predicted octanol–water partition coefficient (Wildman–Crippen LogP) is 0.0871. The third-order valence-corrected chi connectivity index (χ3v) is 3.41. The van der Waals surface area contributed by atoms with E-state index >= 15 is 0 Å². The Bertz CT molecular complexity index is 210. The molecule has 0 radical (unpaired) electrons. The number of nitrogens with one attached hydrogen (secondary N) is 2. The monoisotopic (exact) mass is 213 g/mol. The second kappa shape index (κ2) is 5.47. The summed E-state index contributed by atoms with van der Waals surface area (Å²) >= 11 is 0. The molecular weight excluding hydrogens is 190 g/mol. The molecule has 1 unspecified atom stereocenters. The van der Waals surface area contributed by atoms with Crippen LogP contribution in [0.5, 0.6) is 0 Å². The minimum Gasteiger partial charge on any atom is -0.356 e. The van der Waals surface area contributed by atoms with Gasteiger partial charge in [-0.25, -0.2) is 0 Å². The fourth-order valence-electron chi connectivity index (χ4n) is 2.14. The molecule has 1 atom stereocenters. The normalized spacial score (nSPS) is 25.9. The first kappa shape index (κ1) is 12.5. The molecule has 0 aromatic heterocycles. The highest BCUT2D eigenvalue weighted by molar-refractivity contribution is 5.83. The lowest BCUT2D eigenvalue weighted by atomic mass is 9.75. The zero-order valence-electron chi connectivity index (χ0n) is 9.81. The molecule has 0 aromatic rings. The van der Waals surface area contributed by atoms with Gasteiger partial charge in [-0.2, -0.15) is 0 Å². The van der Waals surface area contributed by atoms with E-state index in [-0.39, 0.29) is 11.3 Å². The van der Waals surface area contributed by atoms with Crippen molar-refractivity contribution in [3.8, 4) is 0 Å². The highest BCUT2D eigenvalue weighted by Gasteiger charge is 2.43. The van der Waals surface area contributed by atoms with E-state index in [1.54, 1.807) is 0 Å². The van der Waals surface area contributed by atoms with E-state index < -0.39 is 0 Å². The molecule has 1 fully saturated rings. The Kier molecular flexibility index (Phi) is 4.54. The molecule has 1 amide bonds. The van der Waals surface area contributed by atoms with E-state index in [0.717, 1.165) is 25.9 Å². The summed E-state index contributed by atoms with van der Waals surface area (Å²) in [4.78, 5) is 12.1. The van der Waals surface area contributed by atoms with Crippen molar-refractivity contribution in [3.63, 3.8) is 0 Å². The SMILES string of the molecule is CC(C)C1(C(=O)NCCCN)CCNC1. The Labute approximate surface area is 92.0 Å². The van der Waals surface area contributed by atoms with Crippen molar-refractivity contribution in [3.05, 3.63) is 0 Å². The van der Waals surface area contributed by atoms with Crippen LogP contribution in [0.25, 0.3) is 0 Å². The Balaban J connectivity index is 2.52. The number of amides is 1. The van der Waals surface area contributed by atoms with Crippen LogP contribution in [0.1, 0.15) is 26.7 Å². The second-order valence-electron chi connectivity index (χ2n) is 4.64. The summed E-state index contributed by atoms with van der Waals surface area (Å²) in [6, 6.07) is 0. The molecule has 1 rings (SSSR count). The zero-order chi connectivity index (χ0) is 11.3. The van der Waals surface area contributed by atoms with Gasteiger partial charge >= 0.3 is 0 Å². The van der Waals surface area contributed by atoms with Gasteiger partial charge < -0.3 is 16.4 Å². The molecule has 88 valence electrons. The largest absolute Gasteiger partial charge is 0.356 e. The maximum atomic E-state index is 12.1. The van der Waals surface area contributed by atoms with E-state index in [0.29, 0.717) is 19.0 Å². The number of hydrogen-bond acceptors (Lipinski definition) is 3. The maximum Gasteiger partial charge on any atom is 0.227 e. The van der Waals surface area contributed by atoms with Crippen molar-refractivity contribution >= 4 is 5.91 Å². The van der Waals surface area contributed by atoms with Crippen LogP contribution in [0.2, 0.25) is 0 Å². The minimum atomic E-state index is -0.200. The van der Waals surface area contributed by atoms with Crippen LogP contribution in [0.4, 0.5) is 0 Å². The van der Waals surface area contributed by atoms with Crippen LogP contribution < -0.4 is 16.4 Å². The number of carbonyl (C=O) groups is 1. The van der Waals surface area contributed by atoms with E-state index in [4.69, 9.17) is 5.73 Å². The summed E-state index contributed by atoms with van der Waals surface area (Å²) < 4.78 is 0. The number of rotatable bonds is 5.